The first kappa shape index (κ1) is 21.0. The zero-order valence-electron chi connectivity index (χ0n) is 17.0. The second-order valence-electron chi connectivity index (χ2n) is 8.90. The van der Waals surface area contributed by atoms with Crippen molar-refractivity contribution >= 4 is 11.6 Å². The highest BCUT2D eigenvalue weighted by atomic mass is 35.5. The lowest BCUT2D eigenvalue weighted by molar-refractivity contribution is 0.0181. The summed E-state index contributed by atoms with van der Waals surface area (Å²) in [6.07, 6.45) is 6.21. The third-order valence-electron chi connectivity index (χ3n) is 6.83. The number of alkyl halides is 1. The second kappa shape index (κ2) is 9.27. The molecule has 4 rings (SSSR count). The van der Waals surface area contributed by atoms with Crippen LogP contribution in [0.5, 0.6) is 0 Å². The molecule has 7 nitrogen and oxygen atoms in total. The van der Waals surface area contributed by atoms with Gasteiger partial charge in [-0.25, -0.2) is 0 Å². The van der Waals surface area contributed by atoms with Gasteiger partial charge in [-0.15, -0.1) is 11.6 Å². The van der Waals surface area contributed by atoms with Gasteiger partial charge in [0.15, 0.2) is 0 Å². The van der Waals surface area contributed by atoms with Gasteiger partial charge in [0.25, 0.3) is 0 Å². The van der Waals surface area contributed by atoms with Crippen LogP contribution >= 0.6 is 11.6 Å². The highest BCUT2D eigenvalue weighted by Gasteiger charge is 2.49. The van der Waals surface area contributed by atoms with Gasteiger partial charge < -0.3 is 20.5 Å². The number of β-amino-alcohol motifs (C(OH)–C–C–N with tert-alkyl or cyclic N) is 1. The highest BCUT2D eigenvalue weighted by Crippen LogP contribution is 2.44. The van der Waals surface area contributed by atoms with Crippen LogP contribution in [0.3, 0.4) is 0 Å². The Morgan fingerprint density at radius 2 is 2.14 bits per heavy atom. The highest BCUT2D eigenvalue weighted by molar-refractivity contribution is 6.21. The molecular formula is C20H36ClN5O2. The van der Waals surface area contributed by atoms with Crippen molar-refractivity contribution in [1.29, 1.82) is 0 Å². The van der Waals surface area contributed by atoms with Crippen molar-refractivity contribution in [3.8, 4) is 0 Å². The van der Waals surface area contributed by atoms with Crippen molar-refractivity contribution in [2.24, 2.45) is 11.8 Å². The predicted octanol–water partition coefficient (Wildman–Crippen LogP) is 0.0581. The molecular weight excluding hydrogens is 378 g/mol. The van der Waals surface area contributed by atoms with Gasteiger partial charge in [-0.2, -0.15) is 0 Å². The van der Waals surface area contributed by atoms with Crippen molar-refractivity contribution < 1.29 is 9.84 Å². The van der Waals surface area contributed by atoms with Crippen LogP contribution in [0, 0.1) is 11.8 Å². The molecule has 0 spiro atoms. The van der Waals surface area contributed by atoms with E-state index in [4.69, 9.17) is 16.3 Å². The number of rotatable bonds is 4. The summed E-state index contributed by atoms with van der Waals surface area (Å²) in [5.74, 6) is 0.670. The summed E-state index contributed by atoms with van der Waals surface area (Å²) in [5, 5.41) is 27.8. The van der Waals surface area contributed by atoms with Gasteiger partial charge in [0.2, 0.25) is 0 Å². The Hall–Kier alpha value is -0.250. The standard InChI is InChI=1S/C20H36ClN5O2/c1-11-7-16(22-2)26-20(24-11)25-15-9-13-4-6-28-19(13)17(18(15)21)12-3-5-23-10-14(27)8-12/h3,11,13-20,22-27H,4-10H2,1-2H3/t11?,13?,14-,15?,16?,17?,18?,19?,20?/m1/s1. The topological polar surface area (TPSA) is 89.6 Å². The van der Waals surface area contributed by atoms with Gasteiger partial charge >= 0.3 is 0 Å². The van der Waals surface area contributed by atoms with Crippen LogP contribution in [0.1, 0.15) is 32.6 Å². The van der Waals surface area contributed by atoms with Crippen LogP contribution in [-0.2, 0) is 4.74 Å². The average molecular weight is 414 g/mol. The van der Waals surface area contributed by atoms with Gasteiger partial charge in [0, 0.05) is 37.7 Å². The maximum absolute atomic E-state index is 10.3. The summed E-state index contributed by atoms with van der Waals surface area (Å²) >= 11 is 7.12. The van der Waals surface area contributed by atoms with E-state index in [2.05, 4.69) is 39.6 Å². The van der Waals surface area contributed by atoms with Gasteiger partial charge in [-0.05, 0) is 45.6 Å². The number of nitrogens with one attached hydrogen (secondary N) is 5. The zero-order chi connectivity index (χ0) is 19.7. The fraction of sp³-hybridized carbons (Fsp3) is 0.900. The van der Waals surface area contributed by atoms with Crippen molar-refractivity contribution in [3.05, 3.63) is 11.6 Å². The molecule has 160 valence electrons. The van der Waals surface area contributed by atoms with Gasteiger partial charge in [0.05, 0.1) is 23.8 Å². The fourth-order valence-corrected chi connectivity index (χ4v) is 5.94. The average Bonchev–Trinajstić information content (AvgIpc) is 3.01. The molecule has 0 aromatic heterocycles. The number of hydrogen-bond donors (Lipinski definition) is 6. The molecule has 1 saturated carbocycles. The van der Waals surface area contributed by atoms with Crippen LogP contribution in [0.2, 0.25) is 0 Å². The summed E-state index contributed by atoms with van der Waals surface area (Å²) < 4.78 is 6.16. The third kappa shape index (κ3) is 4.57. The fourth-order valence-electron chi connectivity index (χ4n) is 5.46. The first-order valence-electron chi connectivity index (χ1n) is 10.8. The number of fused-ring (bicyclic) bond motifs is 1. The van der Waals surface area contributed by atoms with Crippen molar-refractivity contribution in [1.82, 2.24) is 26.6 Å². The number of hydrogen-bond acceptors (Lipinski definition) is 7. The monoisotopic (exact) mass is 413 g/mol. The largest absolute Gasteiger partial charge is 0.391 e. The lowest BCUT2D eigenvalue weighted by Crippen LogP contribution is -2.69. The van der Waals surface area contributed by atoms with Crippen LogP contribution in [0.4, 0.5) is 0 Å². The maximum Gasteiger partial charge on any atom is 0.113 e. The first-order valence-corrected chi connectivity index (χ1v) is 11.3. The van der Waals surface area contributed by atoms with E-state index in [0.29, 0.717) is 24.9 Å². The van der Waals surface area contributed by atoms with Crippen LogP contribution in [0.15, 0.2) is 11.6 Å². The number of halogens is 1. The molecule has 0 bridgehead atoms. The van der Waals surface area contributed by atoms with E-state index in [9.17, 15) is 5.11 Å². The number of aliphatic hydroxyl groups excluding tert-OH is 1. The van der Waals surface area contributed by atoms with Gasteiger partial charge in [-0.3, -0.25) is 16.0 Å². The zero-order valence-corrected chi connectivity index (χ0v) is 17.7. The molecule has 3 fully saturated rings. The lowest BCUT2D eigenvalue weighted by atomic mass is 9.71. The number of aliphatic hydroxyl groups is 1. The van der Waals surface area contributed by atoms with E-state index < -0.39 is 0 Å². The molecule has 3 heterocycles. The molecule has 6 N–H and O–H groups in total. The van der Waals surface area contributed by atoms with E-state index >= 15 is 0 Å². The smallest absolute Gasteiger partial charge is 0.113 e. The summed E-state index contributed by atoms with van der Waals surface area (Å²) in [4.78, 5) is 0. The molecule has 0 radical (unpaired) electrons. The summed E-state index contributed by atoms with van der Waals surface area (Å²) in [7, 11) is 1.99. The molecule has 1 aliphatic carbocycles. The van der Waals surface area contributed by atoms with E-state index in [1.165, 1.54) is 5.57 Å². The summed E-state index contributed by atoms with van der Waals surface area (Å²) in [5.41, 5.74) is 1.26. The van der Waals surface area contributed by atoms with E-state index in [1.54, 1.807) is 0 Å². The molecule has 9 atom stereocenters. The van der Waals surface area contributed by atoms with Crippen molar-refractivity contribution in [2.75, 3.05) is 26.7 Å². The quantitative estimate of drug-likeness (QED) is 0.287. The Bertz CT molecular complexity index is 565. The van der Waals surface area contributed by atoms with Gasteiger partial charge in [-0.1, -0.05) is 11.6 Å². The Labute approximate surface area is 173 Å². The first-order chi connectivity index (χ1) is 13.5. The molecule has 2 saturated heterocycles. The summed E-state index contributed by atoms with van der Waals surface area (Å²) in [6.45, 7) is 4.45. The Morgan fingerprint density at radius 3 is 2.96 bits per heavy atom. The predicted molar refractivity (Wildman–Crippen MR) is 111 cm³/mol. The summed E-state index contributed by atoms with van der Waals surface area (Å²) in [6, 6.07) is 0.620. The van der Waals surface area contributed by atoms with Crippen LogP contribution in [-0.4, -0.2) is 74.0 Å². The molecule has 8 unspecified atom stereocenters. The molecule has 0 aromatic rings. The van der Waals surface area contributed by atoms with Crippen molar-refractivity contribution in [3.63, 3.8) is 0 Å². The minimum atomic E-state index is -0.357. The lowest BCUT2D eigenvalue weighted by Gasteiger charge is -2.46. The molecule has 4 aliphatic rings. The number of ether oxygens (including phenoxy) is 1. The van der Waals surface area contributed by atoms with Gasteiger partial charge in [0.1, 0.15) is 6.29 Å². The molecule has 0 aromatic carbocycles. The Balaban J connectivity index is 1.50. The Kier molecular flexibility index (Phi) is 6.95. The molecule has 3 aliphatic heterocycles. The van der Waals surface area contributed by atoms with E-state index in [0.717, 1.165) is 32.4 Å². The Morgan fingerprint density at radius 1 is 1.29 bits per heavy atom. The van der Waals surface area contributed by atoms with E-state index in [-0.39, 0.29) is 42.0 Å². The van der Waals surface area contributed by atoms with Crippen LogP contribution in [0.25, 0.3) is 0 Å². The molecule has 8 heteroatoms. The molecule has 28 heavy (non-hydrogen) atoms. The normalized spacial score (nSPS) is 47.3. The minimum absolute atomic E-state index is 0.0299. The second-order valence-corrected chi connectivity index (χ2v) is 9.41. The van der Waals surface area contributed by atoms with Crippen LogP contribution < -0.4 is 26.6 Å². The van der Waals surface area contributed by atoms with E-state index in [1.807, 2.05) is 7.05 Å². The third-order valence-corrected chi connectivity index (χ3v) is 7.40. The SMILES string of the molecule is CNC1CC(C)NC(NC2CC3CCOC3C(C3=CCNC[C@H](O)C3)C2Cl)N1. The van der Waals surface area contributed by atoms with Crippen molar-refractivity contribution in [2.45, 2.75) is 74.7 Å². The molecule has 0 amide bonds. The maximum atomic E-state index is 10.3. The minimum Gasteiger partial charge on any atom is -0.391 e.